The Morgan fingerprint density at radius 3 is 2.38 bits per heavy atom. The highest BCUT2D eigenvalue weighted by atomic mass is 32.2. The Labute approximate surface area is 49.9 Å². The van der Waals surface area contributed by atoms with Gasteiger partial charge in [0.1, 0.15) is 10.7 Å². The van der Waals surface area contributed by atoms with Crippen LogP contribution in [-0.4, -0.2) is 13.7 Å². The first kappa shape index (κ1) is 7.44. The molecule has 8 heavy (non-hydrogen) atoms. The lowest BCUT2D eigenvalue weighted by atomic mass is 10.4. The number of nitrogens with zero attached hydrogens (tertiary/aromatic N) is 1. The molecule has 0 spiro atoms. The van der Waals surface area contributed by atoms with Crippen LogP contribution < -0.4 is 0 Å². The summed E-state index contributed by atoms with van der Waals surface area (Å²) < 4.78 is 20.0. The first-order valence-corrected chi connectivity index (χ1v) is 3.43. The van der Waals surface area contributed by atoms with Gasteiger partial charge in [-0.05, 0) is 6.92 Å². The Balaban J connectivity index is 3.69. The van der Waals surface area contributed by atoms with Gasteiger partial charge in [0.2, 0.25) is 0 Å². The summed E-state index contributed by atoms with van der Waals surface area (Å²) in [5, 5.41) is 7.48. The minimum Gasteiger partial charge on any atom is -0.232 e. The van der Waals surface area contributed by atoms with Crippen molar-refractivity contribution >= 4 is 10.7 Å². The van der Waals surface area contributed by atoms with Crippen molar-refractivity contribution in [2.75, 3.05) is 0 Å². The molecule has 0 aromatic carbocycles. The van der Waals surface area contributed by atoms with Gasteiger partial charge in [-0.25, -0.2) is 8.42 Å². The van der Waals surface area contributed by atoms with Gasteiger partial charge in [0.25, 0.3) is 0 Å². The molecule has 0 aromatic heterocycles. The monoisotopic (exact) mass is 133 g/mol. The topological polar surface area (TPSA) is 57.9 Å². The zero-order valence-electron chi connectivity index (χ0n) is 4.50. The van der Waals surface area contributed by atoms with E-state index >= 15 is 0 Å². The van der Waals surface area contributed by atoms with Crippen LogP contribution in [0.15, 0.2) is 0 Å². The first-order valence-electron chi connectivity index (χ1n) is 2.19. The molecule has 0 radical (unpaired) electrons. The molecular formula is C4H7NO2S. The van der Waals surface area contributed by atoms with Crippen LogP contribution in [0.25, 0.3) is 0 Å². The van der Waals surface area contributed by atoms with Crippen LogP contribution >= 0.6 is 0 Å². The normalized spacial score (nSPS) is 13.1. The van der Waals surface area contributed by atoms with Crippen LogP contribution in [0.5, 0.6) is 0 Å². The fraction of sp³-hybridized carbons (Fsp3) is 0.750. The maximum Gasteiger partial charge on any atom is 0.143 e. The summed E-state index contributed by atoms with van der Waals surface area (Å²) >= 11 is 0. The van der Waals surface area contributed by atoms with Crippen molar-refractivity contribution in [3.05, 3.63) is 0 Å². The molecule has 0 aliphatic carbocycles. The van der Waals surface area contributed by atoms with Crippen LogP contribution in [0.3, 0.4) is 0 Å². The Kier molecular flexibility index (Phi) is 3.20. The molecule has 0 saturated carbocycles. The van der Waals surface area contributed by atoms with Crippen molar-refractivity contribution < 1.29 is 8.42 Å². The molecule has 0 fully saturated rings. The summed E-state index contributed by atoms with van der Waals surface area (Å²) in [6.45, 7) is 1.51. The summed E-state index contributed by atoms with van der Waals surface area (Å²) in [7, 11) is -2.39. The van der Waals surface area contributed by atoms with Crippen molar-refractivity contribution in [2.24, 2.45) is 0 Å². The van der Waals surface area contributed by atoms with Crippen molar-refractivity contribution in [1.29, 1.82) is 5.26 Å². The number of nitriles is 1. The summed E-state index contributed by atoms with van der Waals surface area (Å²) in [4.78, 5) is 0. The van der Waals surface area contributed by atoms with E-state index in [0.717, 1.165) is 0 Å². The third-order valence-electron chi connectivity index (χ3n) is 0.747. The van der Waals surface area contributed by atoms with E-state index in [1.807, 2.05) is 0 Å². The van der Waals surface area contributed by atoms with E-state index in [1.54, 1.807) is 6.07 Å². The van der Waals surface area contributed by atoms with Crippen molar-refractivity contribution in [3.63, 3.8) is 0 Å². The second-order valence-corrected chi connectivity index (χ2v) is 2.95. The van der Waals surface area contributed by atoms with Crippen LogP contribution in [0, 0.1) is 11.3 Å². The van der Waals surface area contributed by atoms with E-state index in [4.69, 9.17) is 5.26 Å². The highest BCUT2D eigenvalue weighted by molar-refractivity contribution is 7.73. The first-order chi connectivity index (χ1) is 3.68. The minimum absolute atomic E-state index is 0.0959. The lowest BCUT2D eigenvalue weighted by Crippen LogP contribution is -2.00. The van der Waals surface area contributed by atoms with Gasteiger partial charge in [0.15, 0.2) is 0 Å². The maximum atomic E-state index is 9.98. The molecule has 1 unspecified atom stereocenters. The average molecular weight is 133 g/mol. The van der Waals surface area contributed by atoms with Crippen LogP contribution in [0.4, 0.5) is 0 Å². The van der Waals surface area contributed by atoms with Gasteiger partial charge in [-0.1, -0.05) is 0 Å². The van der Waals surface area contributed by atoms with Crippen LogP contribution in [0.2, 0.25) is 0 Å². The molecule has 4 heteroatoms. The van der Waals surface area contributed by atoms with Gasteiger partial charge in [0, 0.05) is 0 Å². The molecule has 0 N–H and O–H groups in total. The Hall–Kier alpha value is -0.560. The van der Waals surface area contributed by atoms with Gasteiger partial charge in [-0.2, -0.15) is 5.26 Å². The molecule has 0 saturated heterocycles. The molecule has 0 aliphatic heterocycles. The van der Waals surface area contributed by atoms with Gasteiger partial charge >= 0.3 is 0 Å². The van der Waals surface area contributed by atoms with E-state index in [-0.39, 0.29) is 6.42 Å². The molecule has 0 heterocycles. The van der Waals surface area contributed by atoms with E-state index in [0.29, 0.717) is 0 Å². The molecule has 0 amide bonds. The Morgan fingerprint density at radius 2 is 2.25 bits per heavy atom. The van der Waals surface area contributed by atoms with E-state index < -0.39 is 16.0 Å². The lowest BCUT2D eigenvalue weighted by molar-refractivity contribution is 0.604. The zero-order chi connectivity index (χ0) is 6.57. The van der Waals surface area contributed by atoms with Crippen LogP contribution in [0.1, 0.15) is 13.3 Å². The second kappa shape index (κ2) is 3.44. The van der Waals surface area contributed by atoms with Gasteiger partial charge in [-0.3, -0.25) is 0 Å². The molecule has 3 nitrogen and oxygen atoms in total. The number of thiol groups is 1. The summed E-state index contributed by atoms with van der Waals surface area (Å²) in [5.41, 5.74) is 0. The fourth-order valence-electron chi connectivity index (χ4n) is 0.207. The molecule has 0 bridgehead atoms. The molecule has 0 aromatic rings. The Morgan fingerprint density at radius 1 is 1.75 bits per heavy atom. The predicted molar refractivity (Wildman–Crippen MR) is 30.0 cm³/mol. The average Bonchev–Trinajstić information content (AvgIpc) is 1.67. The Bertz CT molecular complexity index is 159. The number of hydrogen-bond acceptors (Lipinski definition) is 3. The van der Waals surface area contributed by atoms with E-state index in [9.17, 15) is 8.42 Å². The molecular weight excluding hydrogens is 126 g/mol. The number of rotatable bonds is 2. The van der Waals surface area contributed by atoms with Crippen molar-refractivity contribution in [2.45, 2.75) is 18.6 Å². The smallest absolute Gasteiger partial charge is 0.143 e. The largest absolute Gasteiger partial charge is 0.232 e. The van der Waals surface area contributed by atoms with Crippen molar-refractivity contribution in [3.8, 4) is 6.07 Å². The van der Waals surface area contributed by atoms with Gasteiger partial charge in [0.05, 0.1) is 17.7 Å². The van der Waals surface area contributed by atoms with Crippen molar-refractivity contribution in [1.82, 2.24) is 0 Å². The summed E-state index contributed by atoms with van der Waals surface area (Å²) in [5.74, 6) is 0. The highest BCUT2D eigenvalue weighted by Gasteiger charge is 2.00. The molecule has 46 valence electrons. The fourth-order valence-corrected chi connectivity index (χ4v) is 0.437. The van der Waals surface area contributed by atoms with Crippen LogP contribution in [-0.2, 0) is 10.7 Å². The van der Waals surface area contributed by atoms with Gasteiger partial charge in [-0.15, -0.1) is 0 Å². The van der Waals surface area contributed by atoms with Gasteiger partial charge < -0.3 is 0 Å². The third-order valence-corrected chi connectivity index (χ3v) is 1.65. The second-order valence-electron chi connectivity index (χ2n) is 1.50. The standard InChI is InChI=1S/C4H7NO2S/c1-4(2-3-5)8(6)7/h4,8H,2H2,1H3. The quantitative estimate of drug-likeness (QED) is 0.535. The maximum absolute atomic E-state index is 9.98. The van der Waals surface area contributed by atoms with E-state index in [2.05, 4.69) is 0 Å². The SMILES string of the molecule is CC(CC#N)[SH](=O)=O. The summed E-state index contributed by atoms with van der Waals surface area (Å²) in [6, 6.07) is 1.76. The molecule has 1 atom stereocenters. The minimum atomic E-state index is -2.39. The molecule has 0 rings (SSSR count). The highest BCUT2D eigenvalue weighted by Crippen LogP contribution is 1.90. The zero-order valence-corrected chi connectivity index (χ0v) is 5.39. The summed E-state index contributed by atoms with van der Waals surface area (Å²) in [6.07, 6.45) is 0.0959. The predicted octanol–water partition coefficient (Wildman–Crippen LogP) is -0.100. The lowest BCUT2D eigenvalue weighted by Gasteiger charge is -1.89. The number of hydrogen-bond donors (Lipinski definition) is 1. The molecule has 0 aliphatic rings. The van der Waals surface area contributed by atoms with E-state index in [1.165, 1.54) is 6.92 Å². The third kappa shape index (κ3) is 2.59.